The van der Waals surface area contributed by atoms with Gasteiger partial charge in [0.2, 0.25) is 5.91 Å². The van der Waals surface area contributed by atoms with Gasteiger partial charge in [0.25, 0.3) is 0 Å². The van der Waals surface area contributed by atoms with Crippen molar-refractivity contribution in [2.75, 3.05) is 19.6 Å². The van der Waals surface area contributed by atoms with E-state index >= 15 is 0 Å². The lowest BCUT2D eigenvalue weighted by atomic mass is 9.90. The van der Waals surface area contributed by atoms with Gasteiger partial charge >= 0.3 is 5.97 Å². The van der Waals surface area contributed by atoms with E-state index in [0.29, 0.717) is 17.9 Å². The van der Waals surface area contributed by atoms with E-state index in [4.69, 9.17) is 5.11 Å². The van der Waals surface area contributed by atoms with Crippen LogP contribution >= 0.6 is 0 Å². The van der Waals surface area contributed by atoms with Crippen molar-refractivity contribution < 1.29 is 14.7 Å². The van der Waals surface area contributed by atoms with Crippen molar-refractivity contribution in [1.82, 2.24) is 10.2 Å². The van der Waals surface area contributed by atoms with Gasteiger partial charge in [-0.15, -0.1) is 0 Å². The Morgan fingerprint density at radius 3 is 2.61 bits per heavy atom. The van der Waals surface area contributed by atoms with Crippen molar-refractivity contribution in [2.24, 2.45) is 0 Å². The predicted molar refractivity (Wildman–Crippen MR) is 89.7 cm³/mol. The molecule has 5 heteroatoms. The highest BCUT2D eigenvalue weighted by Gasteiger charge is 2.22. The van der Waals surface area contributed by atoms with Crippen LogP contribution in [0.25, 0.3) is 0 Å². The third kappa shape index (κ3) is 5.36. The molecule has 0 aliphatic carbocycles. The molecule has 1 unspecified atom stereocenters. The standard InChI is InChI=1S/C18H26N2O3/c1-13(2)19-17(21)9-11-20-10-3-4-16(12-20)14-5-7-15(8-6-14)18(22)23/h5-8,13,16H,3-4,9-12H2,1-2H3,(H,19,21)(H,22,23). The number of benzene rings is 1. The number of likely N-dealkylation sites (tertiary alicyclic amines) is 1. The number of carbonyl (C=O) groups excluding carboxylic acids is 1. The smallest absolute Gasteiger partial charge is 0.335 e. The van der Waals surface area contributed by atoms with Crippen molar-refractivity contribution in [3.05, 3.63) is 35.4 Å². The molecule has 1 heterocycles. The summed E-state index contributed by atoms with van der Waals surface area (Å²) in [5.41, 5.74) is 1.51. The van der Waals surface area contributed by atoms with Gasteiger partial charge in [-0.25, -0.2) is 4.79 Å². The molecule has 0 spiro atoms. The van der Waals surface area contributed by atoms with Gasteiger partial charge in [0.1, 0.15) is 0 Å². The highest BCUT2D eigenvalue weighted by molar-refractivity contribution is 5.87. The molecule has 126 valence electrons. The second-order valence-corrected chi connectivity index (χ2v) is 6.54. The molecule has 1 aliphatic heterocycles. The minimum absolute atomic E-state index is 0.105. The van der Waals surface area contributed by atoms with Crippen molar-refractivity contribution >= 4 is 11.9 Å². The van der Waals surface area contributed by atoms with Gasteiger partial charge in [0.05, 0.1) is 5.56 Å². The number of carbonyl (C=O) groups is 2. The van der Waals surface area contributed by atoms with Gasteiger partial charge < -0.3 is 15.3 Å². The third-order valence-corrected chi connectivity index (χ3v) is 4.24. The van der Waals surface area contributed by atoms with E-state index in [-0.39, 0.29) is 11.9 Å². The molecule has 1 aromatic carbocycles. The van der Waals surface area contributed by atoms with E-state index in [1.807, 2.05) is 26.0 Å². The lowest BCUT2D eigenvalue weighted by molar-refractivity contribution is -0.122. The Labute approximate surface area is 137 Å². The van der Waals surface area contributed by atoms with Crippen LogP contribution in [0.4, 0.5) is 0 Å². The lowest BCUT2D eigenvalue weighted by Crippen LogP contribution is -2.38. The van der Waals surface area contributed by atoms with Crippen LogP contribution in [0.1, 0.15) is 54.9 Å². The molecule has 0 aromatic heterocycles. The van der Waals surface area contributed by atoms with Crippen LogP contribution in [0.2, 0.25) is 0 Å². The van der Waals surface area contributed by atoms with Gasteiger partial charge in [0, 0.05) is 25.6 Å². The van der Waals surface area contributed by atoms with E-state index in [2.05, 4.69) is 10.2 Å². The number of hydrogen-bond acceptors (Lipinski definition) is 3. The second-order valence-electron chi connectivity index (χ2n) is 6.54. The first-order valence-electron chi connectivity index (χ1n) is 8.30. The Hall–Kier alpha value is -1.88. The summed E-state index contributed by atoms with van der Waals surface area (Å²) < 4.78 is 0. The van der Waals surface area contributed by atoms with Crippen LogP contribution in [0, 0.1) is 0 Å². The lowest BCUT2D eigenvalue weighted by Gasteiger charge is -2.33. The zero-order chi connectivity index (χ0) is 16.8. The second kappa shape index (κ2) is 8.11. The Bertz CT molecular complexity index is 540. The normalized spacial score (nSPS) is 18.8. The summed E-state index contributed by atoms with van der Waals surface area (Å²) in [6.07, 6.45) is 2.75. The van der Waals surface area contributed by atoms with Crippen molar-refractivity contribution in [3.8, 4) is 0 Å². The number of aromatic carboxylic acids is 1. The average molecular weight is 318 g/mol. The molecule has 1 atom stereocenters. The van der Waals surface area contributed by atoms with Gasteiger partial charge in [-0.1, -0.05) is 12.1 Å². The molecule has 5 nitrogen and oxygen atoms in total. The van der Waals surface area contributed by atoms with Gasteiger partial charge in [-0.05, 0) is 56.8 Å². The summed E-state index contributed by atoms with van der Waals surface area (Å²) >= 11 is 0. The fraction of sp³-hybridized carbons (Fsp3) is 0.556. The van der Waals surface area contributed by atoms with Gasteiger partial charge in [0.15, 0.2) is 0 Å². The maximum absolute atomic E-state index is 11.8. The largest absolute Gasteiger partial charge is 0.478 e. The van der Waals surface area contributed by atoms with Crippen LogP contribution in [0.15, 0.2) is 24.3 Å². The molecule has 1 aliphatic rings. The molecule has 1 aromatic rings. The molecule has 0 saturated carbocycles. The number of carboxylic acid groups (broad SMARTS) is 1. The Kier molecular flexibility index (Phi) is 6.16. The molecule has 1 saturated heterocycles. The summed E-state index contributed by atoms with van der Waals surface area (Å²) in [5.74, 6) is -0.370. The average Bonchev–Trinajstić information content (AvgIpc) is 2.53. The number of amides is 1. The van der Waals surface area contributed by atoms with Crippen LogP contribution in [-0.2, 0) is 4.79 Å². The third-order valence-electron chi connectivity index (χ3n) is 4.24. The number of nitrogens with zero attached hydrogens (tertiary/aromatic N) is 1. The quantitative estimate of drug-likeness (QED) is 0.845. The maximum Gasteiger partial charge on any atom is 0.335 e. The minimum atomic E-state index is -0.891. The van der Waals surface area contributed by atoms with E-state index in [0.717, 1.165) is 32.5 Å². The summed E-state index contributed by atoms with van der Waals surface area (Å²) in [5, 5.41) is 11.9. The minimum Gasteiger partial charge on any atom is -0.478 e. The predicted octanol–water partition coefficient (Wildman–Crippen LogP) is 2.48. The number of piperidine rings is 1. The van der Waals surface area contributed by atoms with Crippen LogP contribution in [-0.4, -0.2) is 47.6 Å². The van der Waals surface area contributed by atoms with E-state index in [9.17, 15) is 9.59 Å². The maximum atomic E-state index is 11.8. The fourth-order valence-electron chi connectivity index (χ4n) is 3.08. The molecule has 2 N–H and O–H groups in total. The topological polar surface area (TPSA) is 69.6 Å². The van der Waals surface area contributed by atoms with E-state index in [1.165, 1.54) is 5.56 Å². The van der Waals surface area contributed by atoms with Crippen LogP contribution in [0.5, 0.6) is 0 Å². The number of carboxylic acids is 1. The fourth-order valence-corrected chi connectivity index (χ4v) is 3.08. The molecule has 0 bridgehead atoms. The summed E-state index contributed by atoms with van der Waals surface area (Å²) in [4.78, 5) is 25.0. The van der Waals surface area contributed by atoms with Crippen LogP contribution in [0.3, 0.4) is 0 Å². The number of rotatable bonds is 6. The molecule has 2 rings (SSSR count). The Morgan fingerprint density at radius 2 is 2.00 bits per heavy atom. The molecule has 1 amide bonds. The monoisotopic (exact) mass is 318 g/mol. The van der Waals surface area contributed by atoms with Crippen molar-refractivity contribution in [2.45, 2.75) is 45.1 Å². The highest BCUT2D eigenvalue weighted by Crippen LogP contribution is 2.27. The highest BCUT2D eigenvalue weighted by atomic mass is 16.4. The van der Waals surface area contributed by atoms with Crippen molar-refractivity contribution in [3.63, 3.8) is 0 Å². The zero-order valence-corrected chi connectivity index (χ0v) is 13.9. The molecular formula is C18H26N2O3. The first-order chi connectivity index (χ1) is 11.0. The van der Waals surface area contributed by atoms with Crippen LogP contribution < -0.4 is 5.32 Å². The molecule has 1 fully saturated rings. The Morgan fingerprint density at radius 1 is 1.30 bits per heavy atom. The Balaban J connectivity index is 1.87. The molecular weight excluding hydrogens is 292 g/mol. The zero-order valence-electron chi connectivity index (χ0n) is 13.9. The van der Waals surface area contributed by atoms with Gasteiger partial charge in [-0.2, -0.15) is 0 Å². The summed E-state index contributed by atoms with van der Waals surface area (Å²) in [7, 11) is 0. The summed E-state index contributed by atoms with van der Waals surface area (Å²) in [6.45, 7) is 6.67. The van der Waals surface area contributed by atoms with E-state index < -0.39 is 5.97 Å². The van der Waals surface area contributed by atoms with E-state index in [1.54, 1.807) is 12.1 Å². The first kappa shape index (κ1) is 17.5. The van der Waals surface area contributed by atoms with Gasteiger partial charge in [-0.3, -0.25) is 4.79 Å². The number of hydrogen-bond donors (Lipinski definition) is 2. The molecule has 23 heavy (non-hydrogen) atoms. The molecule has 0 radical (unpaired) electrons. The summed E-state index contributed by atoms with van der Waals surface area (Å²) in [6, 6.07) is 7.37. The first-order valence-corrected chi connectivity index (χ1v) is 8.30. The van der Waals surface area contributed by atoms with Crippen molar-refractivity contribution in [1.29, 1.82) is 0 Å². The number of nitrogens with one attached hydrogen (secondary N) is 1. The SMILES string of the molecule is CC(C)NC(=O)CCN1CCCC(c2ccc(C(=O)O)cc2)C1.